The van der Waals surface area contributed by atoms with Crippen molar-refractivity contribution in [2.24, 2.45) is 11.8 Å². The largest absolute Gasteiger partial charge is 0.419 e. The molecule has 0 radical (unpaired) electrons. The first-order valence-corrected chi connectivity index (χ1v) is 5.64. The molecule has 0 aromatic heterocycles. The van der Waals surface area contributed by atoms with Crippen molar-refractivity contribution < 1.29 is 17.6 Å². The third kappa shape index (κ3) is 3.20. The highest BCUT2D eigenvalue weighted by molar-refractivity contribution is 5.28. The van der Waals surface area contributed by atoms with Gasteiger partial charge in [0.25, 0.3) is 0 Å². The second kappa shape index (κ2) is 5.67. The van der Waals surface area contributed by atoms with Crippen LogP contribution in [-0.2, 0) is 6.18 Å². The Labute approximate surface area is 103 Å². The molecule has 6 heteroatoms. The van der Waals surface area contributed by atoms with Gasteiger partial charge in [-0.25, -0.2) is 4.39 Å². The Balaban J connectivity index is 3.10. The summed E-state index contributed by atoms with van der Waals surface area (Å²) in [6.45, 7) is 3.82. The molecule has 0 saturated carbocycles. The minimum absolute atomic E-state index is 0.0890. The first kappa shape index (κ1) is 14.9. The average Bonchev–Trinajstić information content (AvgIpc) is 2.28. The highest BCUT2D eigenvalue weighted by atomic mass is 19.4. The van der Waals surface area contributed by atoms with E-state index in [2.05, 4.69) is 5.43 Å². The Kier molecular flexibility index (Phi) is 4.70. The molecule has 0 amide bonds. The lowest BCUT2D eigenvalue weighted by atomic mass is 9.92. The van der Waals surface area contributed by atoms with Crippen molar-refractivity contribution in [1.29, 1.82) is 0 Å². The Bertz CT molecular complexity index is 404. The van der Waals surface area contributed by atoms with Gasteiger partial charge in [0, 0.05) is 6.04 Å². The molecule has 3 N–H and O–H groups in total. The van der Waals surface area contributed by atoms with Crippen LogP contribution in [0, 0.1) is 11.7 Å². The highest BCUT2D eigenvalue weighted by Gasteiger charge is 2.34. The number of halogens is 4. The van der Waals surface area contributed by atoms with Crippen molar-refractivity contribution in [2.75, 3.05) is 0 Å². The van der Waals surface area contributed by atoms with E-state index in [9.17, 15) is 17.6 Å². The lowest BCUT2D eigenvalue weighted by molar-refractivity contribution is -0.140. The second-order valence-electron chi connectivity index (χ2n) is 4.27. The molecule has 18 heavy (non-hydrogen) atoms. The van der Waals surface area contributed by atoms with Crippen molar-refractivity contribution in [2.45, 2.75) is 32.5 Å². The smallest absolute Gasteiger partial charge is 0.271 e. The van der Waals surface area contributed by atoms with Crippen LogP contribution in [0.15, 0.2) is 18.2 Å². The van der Waals surface area contributed by atoms with Crippen molar-refractivity contribution in [1.82, 2.24) is 5.43 Å². The zero-order chi connectivity index (χ0) is 13.9. The minimum atomic E-state index is -4.68. The predicted octanol–water partition coefficient (Wildman–Crippen LogP) is 3.40. The number of nitrogens with one attached hydrogen (secondary N) is 1. The SMILES string of the molecule is CCC(C)C(NN)c1ccc(C(F)(F)F)c(F)c1. The molecule has 0 saturated heterocycles. The highest BCUT2D eigenvalue weighted by Crippen LogP contribution is 2.33. The number of rotatable bonds is 4. The summed E-state index contributed by atoms with van der Waals surface area (Å²) in [6.07, 6.45) is -3.90. The normalized spacial score (nSPS) is 15.5. The molecule has 0 aliphatic carbocycles. The molecule has 2 unspecified atom stereocenters. The molecule has 1 rings (SSSR count). The maximum Gasteiger partial charge on any atom is 0.419 e. The topological polar surface area (TPSA) is 38.0 Å². The summed E-state index contributed by atoms with van der Waals surface area (Å²) in [5.41, 5.74) is 1.66. The molecule has 102 valence electrons. The van der Waals surface area contributed by atoms with Gasteiger partial charge in [0.1, 0.15) is 5.82 Å². The predicted molar refractivity (Wildman–Crippen MR) is 60.9 cm³/mol. The monoisotopic (exact) mass is 264 g/mol. The maximum atomic E-state index is 13.4. The molecular weight excluding hydrogens is 248 g/mol. The van der Waals surface area contributed by atoms with Crippen LogP contribution >= 0.6 is 0 Å². The third-order valence-electron chi connectivity index (χ3n) is 3.05. The molecule has 0 bridgehead atoms. The van der Waals surface area contributed by atoms with Crippen LogP contribution in [0.25, 0.3) is 0 Å². The number of hydrazine groups is 1. The number of alkyl halides is 3. The molecule has 2 atom stereocenters. The lowest BCUT2D eigenvalue weighted by Crippen LogP contribution is -2.32. The summed E-state index contributed by atoms with van der Waals surface area (Å²) in [5.74, 6) is 4.18. The molecule has 0 aliphatic heterocycles. The van der Waals surface area contributed by atoms with E-state index in [4.69, 9.17) is 5.84 Å². The number of benzene rings is 1. The first-order valence-electron chi connectivity index (χ1n) is 5.64. The fraction of sp³-hybridized carbons (Fsp3) is 0.500. The summed E-state index contributed by atoms with van der Waals surface area (Å²) in [6, 6.07) is 2.52. The standard InChI is InChI=1S/C12H16F4N2/c1-3-7(2)11(18-17)8-4-5-9(10(13)6-8)12(14,15)16/h4-7,11,18H,3,17H2,1-2H3. The van der Waals surface area contributed by atoms with Crippen LogP contribution in [-0.4, -0.2) is 0 Å². The van der Waals surface area contributed by atoms with E-state index < -0.39 is 17.6 Å². The van der Waals surface area contributed by atoms with Crippen LogP contribution in [0.5, 0.6) is 0 Å². The van der Waals surface area contributed by atoms with Gasteiger partial charge in [-0.15, -0.1) is 0 Å². The fourth-order valence-electron chi connectivity index (χ4n) is 1.78. The summed E-state index contributed by atoms with van der Waals surface area (Å²) >= 11 is 0. The van der Waals surface area contributed by atoms with E-state index in [-0.39, 0.29) is 12.0 Å². The summed E-state index contributed by atoms with van der Waals surface area (Å²) in [7, 11) is 0. The van der Waals surface area contributed by atoms with Gasteiger partial charge in [0.05, 0.1) is 5.56 Å². The van der Waals surface area contributed by atoms with E-state index in [0.717, 1.165) is 18.6 Å². The molecule has 0 heterocycles. The average molecular weight is 264 g/mol. The molecule has 2 nitrogen and oxygen atoms in total. The summed E-state index contributed by atoms with van der Waals surface area (Å²) in [4.78, 5) is 0. The minimum Gasteiger partial charge on any atom is -0.271 e. The Hall–Kier alpha value is -1.14. The quantitative estimate of drug-likeness (QED) is 0.497. The molecule has 1 aromatic carbocycles. The molecule has 0 aliphatic rings. The van der Waals surface area contributed by atoms with Gasteiger partial charge in [-0.2, -0.15) is 13.2 Å². The Morgan fingerprint density at radius 3 is 2.33 bits per heavy atom. The van der Waals surface area contributed by atoms with E-state index in [1.54, 1.807) is 0 Å². The van der Waals surface area contributed by atoms with Crippen LogP contribution < -0.4 is 11.3 Å². The maximum absolute atomic E-state index is 13.4. The van der Waals surface area contributed by atoms with Gasteiger partial charge in [-0.1, -0.05) is 26.3 Å². The second-order valence-corrected chi connectivity index (χ2v) is 4.27. The zero-order valence-electron chi connectivity index (χ0n) is 10.2. The zero-order valence-corrected chi connectivity index (χ0v) is 10.2. The van der Waals surface area contributed by atoms with Gasteiger partial charge < -0.3 is 0 Å². The summed E-state index contributed by atoms with van der Waals surface area (Å²) in [5, 5.41) is 0. The van der Waals surface area contributed by atoms with E-state index in [1.807, 2.05) is 13.8 Å². The summed E-state index contributed by atoms with van der Waals surface area (Å²) < 4.78 is 50.6. The Morgan fingerprint density at radius 1 is 1.33 bits per heavy atom. The van der Waals surface area contributed by atoms with E-state index in [1.165, 1.54) is 6.07 Å². The Morgan fingerprint density at radius 2 is 1.94 bits per heavy atom. The van der Waals surface area contributed by atoms with E-state index in [0.29, 0.717) is 5.56 Å². The van der Waals surface area contributed by atoms with Crippen LogP contribution in [0.1, 0.15) is 37.4 Å². The van der Waals surface area contributed by atoms with Gasteiger partial charge in [-0.3, -0.25) is 11.3 Å². The van der Waals surface area contributed by atoms with Crippen LogP contribution in [0.4, 0.5) is 17.6 Å². The fourth-order valence-corrected chi connectivity index (χ4v) is 1.78. The first-order chi connectivity index (χ1) is 8.31. The molecular formula is C12H16F4N2. The van der Waals surface area contributed by atoms with E-state index >= 15 is 0 Å². The van der Waals surface area contributed by atoms with Crippen molar-refractivity contribution in [3.05, 3.63) is 35.1 Å². The van der Waals surface area contributed by atoms with Gasteiger partial charge >= 0.3 is 6.18 Å². The van der Waals surface area contributed by atoms with Gasteiger partial charge in [0.15, 0.2) is 0 Å². The van der Waals surface area contributed by atoms with Crippen molar-refractivity contribution in [3.63, 3.8) is 0 Å². The van der Waals surface area contributed by atoms with Crippen molar-refractivity contribution in [3.8, 4) is 0 Å². The number of hydrogen-bond donors (Lipinski definition) is 2. The number of nitrogens with two attached hydrogens (primary N) is 1. The molecule has 0 fully saturated rings. The lowest BCUT2D eigenvalue weighted by Gasteiger charge is -2.23. The van der Waals surface area contributed by atoms with Crippen LogP contribution in [0.3, 0.4) is 0 Å². The number of hydrogen-bond acceptors (Lipinski definition) is 2. The molecule has 0 spiro atoms. The van der Waals surface area contributed by atoms with Crippen LogP contribution in [0.2, 0.25) is 0 Å². The van der Waals surface area contributed by atoms with Gasteiger partial charge in [-0.05, 0) is 23.6 Å². The molecule has 1 aromatic rings. The van der Waals surface area contributed by atoms with Gasteiger partial charge in [0.2, 0.25) is 0 Å². The van der Waals surface area contributed by atoms with Crippen molar-refractivity contribution >= 4 is 0 Å². The third-order valence-corrected chi connectivity index (χ3v) is 3.05.